The van der Waals surface area contributed by atoms with E-state index >= 15 is 0 Å². The van der Waals surface area contributed by atoms with Gasteiger partial charge in [0, 0.05) is 42.6 Å². The lowest BCUT2D eigenvalue weighted by atomic mass is 9.74. The lowest BCUT2D eigenvalue weighted by Gasteiger charge is -2.36. The molecule has 3 aromatic heterocycles. The standard InChI is InChI=1S/C45H57N9O5S/c1-7-52-37-13-11-29-20-38(37)53(42(52)33-19-31(23-47-40(33)27(2)58-6)28-14-17-51(5)18-15-28)25-45(3,4)26-59-44(57)34-9-8-16-54(50-34)43(56)35(21-39-48-36(29)24-60-39)49-41(55)32-12-10-30(32)22-46/h11,13,19-20,23-24,27-28,30,32,34-35,50H,7-10,12,14-18,21,25-26H2,1-6H3/p+1/t27-,30-,32+,34-,35-/m0/s1. The number of imidazole rings is 1. The minimum absolute atomic E-state index is 0.147. The van der Waals surface area contributed by atoms with Crippen molar-refractivity contribution in [2.24, 2.45) is 17.3 Å². The molecule has 1 saturated carbocycles. The molecule has 14 nitrogen and oxygen atoms in total. The first-order valence-electron chi connectivity index (χ1n) is 21.5. The summed E-state index contributed by atoms with van der Waals surface area (Å²) in [5, 5.41) is 16.7. The molecule has 0 unspecified atom stereocenters. The van der Waals surface area contributed by atoms with Crippen LogP contribution in [-0.2, 0) is 43.4 Å². The number of ether oxygens (including phenoxy) is 2. The Kier molecular flexibility index (Phi) is 12.1. The van der Waals surface area contributed by atoms with Crippen LogP contribution in [0.4, 0.5) is 0 Å². The Morgan fingerprint density at radius 3 is 2.68 bits per heavy atom. The number of methoxy groups -OCH3 is 1. The van der Waals surface area contributed by atoms with Crippen LogP contribution in [-0.4, -0.2) is 94.7 Å². The number of carbonyl (C=O) groups is 3. The number of carbonyl (C=O) groups excluding carboxylic acids is 3. The second-order valence-corrected chi connectivity index (χ2v) is 18.9. The third kappa shape index (κ3) is 8.31. The summed E-state index contributed by atoms with van der Waals surface area (Å²) in [5.41, 5.74) is 9.52. The number of esters is 1. The van der Waals surface area contributed by atoms with Crippen molar-refractivity contribution >= 4 is 40.2 Å². The molecule has 2 N–H and O–H groups in total. The number of benzene rings is 1. The Morgan fingerprint density at radius 2 is 1.97 bits per heavy atom. The number of piperidine rings is 1. The van der Waals surface area contributed by atoms with Crippen molar-refractivity contribution in [1.29, 1.82) is 5.26 Å². The normalized spacial score (nSPS) is 24.6. The Bertz CT molecular complexity index is 2310. The fourth-order valence-corrected chi connectivity index (χ4v) is 10.1. The van der Waals surface area contributed by atoms with E-state index in [1.807, 2.05) is 18.5 Å². The summed E-state index contributed by atoms with van der Waals surface area (Å²) < 4.78 is 16.8. The van der Waals surface area contributed by atoms with E-state index in [4.69, 9.17) is 19.4 Å². The van der Waals surface area contributed by atoms with Crippen molar-refractivity contribution in [2.45, 2.75) is 110 Å². The lowest BCUT2D eigenvalue weighted by Crippen LogP contribution is -2.61. The number of aryl methyl sites for hydroxylation is 1. The summed E-state index contributed by atoms with van der Waals surface area (Å²) in [7, 11) is 3.90. The van der Waals surface area contributed by atoms with E-state index in [2.05, 4.69) is 82.9 Å². The fraction of sp³-hybridized carbons (Fsp3) is 0.578. The molecule has 1 aliphatic carbocycles. The Labute approximate surface area is 356 Å². The smallest absolute Gasteiger partial charge is 0.324 e. The summed E-state index contributed by atoms with van der Waals surface area (Å²) in [6, 6.07) is 9.34. The second kappa shape index (κ2) is 17.3. The van der Waals surface area contributed by atoms with E-state index in [0.717, 1.165) is 65.3 Å². The molecule has 60 heavy (non-hydrogen) atoms. The number of amides is 2. The average Bonchev–Trinajstić information content (AvgIpc) is 3.83. The quantitative estimate of drug-likeness (QED) is 0.185. The number of hydrazine groups is 1. The number of likely N-dealkylation sites (tertiary alicyclic amines) is 1. The Balaban J connectivity index is 1.25. The molecule has 0 radical (unpaired) electrons. The van der Waals surface area contributed by atoms with Gasteiger partial charge in [-0.25, -0.2) is 19.5 Å². The third-order valence-corrected chi connectivity index (χ3v) is 13.9. The molecule has 6 bridgehead atoms. The molecule has 2 saturated heterocycles. The van der Waals surface area contributed by atoms with Crippen molar-refractivity contribution in [3.63, 3.8) is 0 Å². The van der Waals surface area contributed by atoms with Gasteiger partial charge in [-0.3, -0.25) is 24.4 Å². The predicted octanol–water partition coefficient (Wildman–Crippen LogP) is 5.31. The number of cyclic esters (lactones) is 1. The molecule has 3 aliphatic heterocycles. The highest BCUT2D eigenvalue weighted by molar-refractivity contribution is 7.10. The van der Waals surface area contributed by atoms with Crippen molar-refractivity contribution < 1.29 is 28.4 Å². The highest BCUT2D eigenvalue weighted by Crippen LogP contribution is 2.38. The maximum Gasteiger partial charge on any atom is 0.324 e. The number of aromatic nitrogens is 4. The van der Waals surface area contributed by atoms with Gasteiger partial charge in [-0.05, 0) is 108 Å². The minimum atomic E-state index is -0.940. The number of pyridine rings is 1. The number of nitrogens with one attached hydrogen (secondary N) is 2. The Morgan fingerprint density at radius 1 is 1.17 bits per heavy atom. The zero-order valence-electron chi connectivity index (χ0n) is 35.7. The number of fused-ring (bicyclic) bond motifs is 6. The zero-order chi connectivity index (χ0) is 42.3. The third-order valence-electron chi connectivity index (χ3n) is 13.0. The molecule has 1 aromatic carbocycles. The van der Waals surface area contributed by atoms with Crippen LogP contribution in [0.15, 0.2) is 35.8 Å². The number of thiazole rings is 1. The SMILES string of the molecule is CC[n+]1c(-c2cc(C3CCN(C)CC3)cnc2[C@H](C)OC)n2c3cc(ccc31)-c1csc(n1)C[C@H](NC(=O)[C@@H]1CC[C@H]1C#N)C(=O)N1CCC[C@H](N1)C(=O)OCC(C)(C)C2. The maximum absolute atomic E-state index is 14.2. The molecule has 15 heteroatoms. The molecule has 318 valence electrons. The van der Waals surface area contributed by atoms with Crippen molar-refractivity contribution in [3.8, 4) is 28.7 Å². The fourth-order valence-electron chi connectivity index (χ4n) is 9.25. The van der Waals surface area contributed by atoms with Crippen LogP contribution in [0.2, 0.25) is 0 Å². The highest BCUT2D eigenvalue weighted by Gasteiger charge is 2.41. The second-order valence-electron chi connectivity index (χ2n) is 17.9. The molecular weight excluding hydrogens is 779 g/mol. The zero-order valence-corrected chi connectivity index (χ0v) is 36.5. The van der Waals surface area contributed by atoms with Gasteiger partial charge >= 0.3 is 5.97 Å². The molecule has 2 amide bonds. The lowest BCUT2D eigenvalue weighted by molar-refractivity contribution is -0.657. The van der Waals surface area contributed by atoms with Crippen LogP contribution >= 0.6 is 11.3 Å². The van der Waals surface area contributed by atoms with Crippen LogP contribution in [0, 0.1) is 28.6 Å². The number of rotatable bonds is 7. The summed E-state index contributed by atoms with van der Waals surface area (Å²) in [6.07, 6.45) is 6.47. The summed E-state index contributed by atoms with van der Waals surface area (Å²) in [4.78, 5) is 54.1. The largest absolute Gasteiger partial charge is 0.464 e. The van der Waals surface area contributed by atoms with Crippen LogP contribution in [0.5, 0.6) is 0 Å². The van der Waals surface area contributed by atoms with Gasteiger partial charge in [0.25, 0.3) is 11.7 Å². The van der Waals surface area contributed by atoms with Gasteiger partial charge in [-0.15, -0.1) is 11.3 Å². The van der Waals surface area contributed by atoms with Crippen molar-refractivity contribution in [3.05, 3.63) is 52.1 Å². The molecule has 5 atom stereocenters. The molecule has 6 heterocycles. The number of nitrogens with zero attached hydrogens (tertiary/aromatic N) is 7. The molecule has 3 fully saturated rings. The summed E-state index contributed by atoms with van der Waals surface area (Å²) >= 11 is 1.45. The van der Waals surface area contributed by atoms with Gasteiger partial charge < -0.3 is 19.7 Å². The first-order chi connectivity index (χ1) is 28.9. The van der Waals surface area contributed by atoms with E-state index in [1.54, 1.807) is 7.11 Å². The van der Waals surface area contributed by atoms with Gasteiger partial charge in [0.15, 0.2) is 11.0 Å². The van der Waals surface area contributed by atoms with E-state index in [0.29, 0.717) is 56.2 Å². The van der Waals surface area contributed by atoms with Gasteiger partial charge in [-0.2, -0.15) is 5.26 Å². The van der Waals surface area contributed by atoms with Gasteiger partial charge in [0.05, 0.1) is 59.1 Å². The van der Waals surface area contributed by atoms with Crippen LogP contribution < -0.4 is 15.3 Å². The average molecular weight is 837 g/mol. The monoisotopic (exact) mass is 836 g/mol. The maximum atomic E-state index is 14.2. The van der Waals surface area contributed by atoms with Gasteiger partial charge in [0.1, 0.15) is 18.7 Å². The van der Waals surface area contributed by atoms with Crippen LogP contribution in [0.25, 0.3) is 33.7 Å². The summed E-state index contributed by atoms with van der Waals surface area (Å²) in [5.74, 6) is -0.472. The van der Waals surface area contributed by atoms with E-state index in [-0.39, 0.29) is 36.9 Å². The molecular formula is C45H58N9O5S+. The molecule has 0 spiro atoms. The van der Waals surface area contributed by atoms with E-state index in [9.17, 15) is 19.6 Å². The molecule has 4 aromatic rings. The van der Waals surface area contributed by atoms with E-state index in [1.165, 1.54) is 21.9 Å². The number of hydrogen-bond donors (Lipinski definition) is 2. The van der Waals surface area contributed by atoms with Crippen LogP contribution in [0.1, 0.15) is 94.5 Å². The first kappa shape index (κ1) is 42.0. The first-order valence-corrected chi connectivity index (χ1v) is 22.4. The van der Waals surface area contributed by atoms with Crippen molar-refractivity contribution in [1.82, 2.24) is 35.2 Å². The highest BCUT2D eigenvalue weighted by atomic mass is 32.1. The van der Waals surface area contributed by atoms with Gasteiger partial charge in [0.2, 0.25) is 5.91 Å². The Hall–Kier alpha value is -4.75. The minimum Gasteiger partial charge on any atom is -0.464 e. The van der Waals surface area contributed by atoms with E-state index < -0.39 is 29.4 Å². The molecule has 8 rings (SSSR count). The summed E-state index contributed by atoms with van der Waals surface area (Å²) in [6.45, 7) is 12.3. The number of hydrogen-bond acceptors (Lipinski definition) is 11. The topological polar surface area (TPSA) is 159 Å². The van der Waals surface area contributed by atoms with Crippen LogP contribution in [0.3, 0.4) is 0 Å². The van der Waals surface area contributed by atoms with Crippen molar-refractivity contribution in [2.75, 3.05) is 40.4 Å². The number of nitriles is 1. The predicted molar refractivity (Wildman–Crippen MR) is 227 cm³/mol. The van der Waals surface area contributed by atoms with Gasteiger partial charge in [-0.1, -0.05) is 13.8 Å². The molecule has 4 aliphatic rings.